The van der Waals surface area contributed by atoms with Crippen molar-refractivity contribution in [3.8, 4) is 68.5 Å². The van der Waals surface area contributed by atoms with E-state index >= 15 is 0 Å². The van der Waals surface area contributed by atoms with Crippen molar-refractivity contribution in [3.63, 3.8) is 0 Å². The van der Waals surface area contributed by atoms with Gasteiger partial charge in [0, 0.05) is 104 Å². The molecule has 0 atom stereocenters. The van der Waals surface area contributed by atoms with Gasteiger partial charge in [-0.1, -0.05) is 170 Å². The summed E-state index contributed by atoms with van der Waals surface area (Å²) in [6.45, 7) is 0. The lowest BCUT2D eigenvalue weighted by Crippen LogP contribution is -2.04. The van der Waals surface area contributed by atoms with Gasteiger partial charge in [-0.2, -0.15) is 10.5 Å². The molecule has 6 heterocycles. The summed E-state index contributed by atoms with van der Waals surface area (Å²) in [7, 11) is 0. The van der Waals surface area contributed by atoms with Crippen molar-refractivity contribution in [3.05, 3.63) is 339 Å². The van der Waals surface area contributed by atoms with Crippen LogP contribution in [0.15, 0.2) is 328 Å². The first kappa shape index (κ1) is 55.4. The predicted molar refractivity (Wildman–Crippen MR) is 413 cm³/mol. The Morgan fingerprint density at radius 1 is 0.180 bits per heavy atom. The molecule has 0 fully saturated rings. The van der Waals surface area contributed by atoms with Crippen LogP contribution in [0.3, 0.4) is 0 Å². The summed E-state index contributed by atoms with van der Waals surface area (Å²) in [4.78, 5) is 0. The van der Waals surface area contributed by atoms with E-state index in [1.807, 2.05) is 24.3 Å². The van der Waals surface area contributed by atoms with E-state index in [4.69, 9.17) is 0 Å². The van der Waals surface area contributed by atoms with Gasteiger partial charge in [-0.3, -0.25) is 0 Å². The molecule has 0 unspecified atom stereocenters. The number of nitrogens with zero attached hydrogens (tertiary/aromatic N) is 8. The summed E-state index contributed by atoms with van der Waals surface area (Å²) in [5, 5.41) is 34.9. The molecule has 0 radical (unpaired) electrons. The Labute approximate surface area is 572 Å². The highest BCUT2D eigenvalue weighted by Crippen LogP contribution is 2.48. The van der Waals surface area contributed by atoms with E-state index in [1.54, 1.807) is 0 Å². The highest BCUT2D eigenvalue weighted by molar-refractivity contribution is 6.18. The molecule has 0 aliphatic rings. The SMILES string of the molecule is N#Cc1ccc(-c2cc(-n3c4ccc(-n5c6ccccc6c6ccccc65)cc4c4cc(-n5c6ccccc6c6ccccc65)ccc43)cc(-c3ccc(C#N)cc3)c2-n2c3ccc(-n4c5ccccc5c5ccccc54)cc3c3cc(-n4c5ccccc5c5ccccc54)ccc32)cc1. The summed E-state index contributed by atoms with van der Waals surface area (Å²) in [5.41, 5.74) is 24.3. The maximum Gasteiger partial charge on any atom is 0.0991 e. The Morgan fingerprint density at radius 3 is 0.630 bits per heavy atom. The van der Waals surface area contributed by atoms with Crippen LogP contribution >= 0.6 is 0 Å². The first-order chi connectivity index (χ1) is 49.5. The van der Waals surface area contributed by atoms with Crippen LogP contribution in [0.1, 0.15) is 11.1 Å². The minimum absolute atomic E-state index is 0.571. The van der Waals surface area contributed by atoms with Crippen molar-refractivity contribution < 1.29 is 0 Å². The van der Waals surface area contributed by atoms with Crippen LogP contribution < -0.4 is 0 Å². The van der Waals surface area contributed by atoms with Gasteiger partial charge in [0.2, 0.25) is 0 Å². The molecule has 0 bridgehead atoms. The van der Waals surface area contributed by atoms with Gasteiger partial charge in [-0.05, 0) is 169 Å². The lowest BCUT2D eigenvalue weighted by Gasteiger charge is -2.22. The van der Waals surface area contributed by atoms with Crippen LogP contribution in [0, 0.1) is 22.7 Å². The summed E-state index contributed by atoms with van der Waals surface area (Å²) in [6.07, 6.45) is 0. The Kier molecular flexibility index (Phi) is 11.8. The molecule has 8 heteroatoms. The van der Waals surface area contributed by atoms with Crippen LogP contribution in [0.5, 0.6) is 0 Å². The molecule has 15 aromatic carbocycles. The van der Waals surface area contributed by atoms with Crippen LogP contribution in [0.2, 0.25) is 0 Å². The van der Waals surface area contributed by atoms with E-state index in [2.05, 4.69) is 343 Å². The second-order valence-corrected chi connectivity index (χ2v) is 26.2. The molecule has 0 saturated carbocycles. The Morgan fingerprint density at radius 2 is 0.390 bits per heavy atom. The van der Waals surface area contributed by atoms with Crippen LogP contribution in [-0.4, -0.2) is 27.4 Å². The molecule has 0 amide bonds. The van der Waals surface area contributed by atoms with Crippen molar-refractivity contribution in [2.75, 3.05) is 0 Å². The largest absolute Gasteiger partial charge is 0.309 e. The highest BCUT2D eigenvalue weighted by atomic mass is 15.0. The van der Waals surface area contributed by atoms with Crippen LogP contribution in [0.4, 0.5) is 0 Å². The fourth-order valence-corrected chi connectivity index (χ4v) is 16.8. The van der Waals surface area contributed by atoms with Gasteiger partial charge in [-0.15, -0.1) is 0 Å². The molecule has 462 valence electrons. The number of aromatic nitrogens is 6. The number of benzene rings is 15. The number of nitriles is 2. The van der Waals surface area contributed by atoms with E-state index in [1.165, 1.54) is 43.1 Å². The predicted octanol–water partition coefficient (Wildman–Crippen LogP) is 23.3. The Bertz CT molecular complexity index is 6530. The van der Waals surface area contributed by atoms with E-state index in [9.17, 15) is 10.5 Å². The smallest absolute Gasteiger partial charge is 0.0991 e. The number of fused-ring (bicyclic) bond motifs is 18. The molecule has 100 heavy (non-hydrogen) atoms. The van der Waals surface area contributed by atoms with Crippen LogP contribution in [-0.2, 0) is 0 Å². The Hall–Kier alpha value is -13.9. The lowest BCUT2D eigenvalue weighted by molar-refractivity contribution is 1.14. The maximum absolute atomic E-state index is 10.4. The van der Waals surface area contributed by atoms with Gasteiger partial charge in [0.25, 0.3) is 0 Å². The van der Waals surface area contributed by atoms with Gasteiger partial charge in [0.05, 0.1) is 95.2 Å². The number of para-hydroxylation sites is 8. The van der Waals surface area contributed by atoms with Gasteiger partial charge < -0.3 is 27.4 Å². The molecule has 21 aromatic rings. The average Bonchev–Trinajstić information content (AvgIpc) is 1.53. The summed E-state index contributed by atoms with van der Waals surface area (Å²) in [6, 6.07) is 123. The van der Waals surface area contributed by atoms with E-state index in [0.717, 1.165) is 144 Å². The van der Waals surface area contributed by atoms with Crippen LogP contribution in [0.25, 0.3) is 187 Å². The zero-order chi connectivity index (χ0) is 65.8. The number of hydrogen-bond donors (Lipinski definition) is 0. The fraction of sp³-hybridized carbons (Fsp3) is 0. The minimum atomic E-state index is 0.571. The monoisotopic (exact) mass is 1270 g/mol. The molecule has 0 saturated heterocycles. The van der Waals surface area contributed by atoms with Gasteiger partial charge in [-0.25, -0.2) is 0 Å². The minimum Gasteiger partial charge on any atom is -0.309 e. The van der Waals surface area contributed by atoms with Crippen molar-refractivity contribution >= 4 is 131 Å². The average molecular weight is 1270 g/mol. The second-order valence-electron chi connectivity index (χ2n) is 26.2. The zero-order valence-electron chi connectivity index (χ0n) is 53.8. The van der Waals surface area contributed by atoms with Crippen molar-refractivity contribution in [2.45, 2.75) is 0 Å². The van der Waals surface area contributed by atoms with Crippen molar-refractivity contribution in [1.82, 2.24) is 27.4 Å². The molecule has 0 aliphatic carbocycles. The third kappa shape index (κ3) is 7.96. The lowest BCUT2D eigenvalue weighted by atomic mass is 9.93. The Balaban J connectivity index is 0.879. The summed E-state index contributed by atoms with van der Waals surface area (Å²) in [5.74, 6) is 0. The zero-order valence-corrected chi connectivity index (χ0v) is 53.8. The first-order valence-electron chi connectivity index (χ1n) is 33.8. The molecular weight excluding hydrogens is 1220 g/mol. The fourth-order valence-electron chi connectivity index (χ4n) is 16.8. The first-order valence-corrected chi connectivity index (χ1v) is 33.8. The van der Waals surface area contributed by atoms with E-state index in [-0.39, 0.29) is 0 Å². The molecular formula is C92H54N8. The molecule has 0 aliphatic heterocycles. The molecule has 8 nitrogen and oxygen atoms in total. The quantitative estimate of drug-likeness (QED) is 0.152. The van der Waals surface area contributed by atoms with Crippen molar-refractivity contribution in [2.24, 2.45) is 0 Å². The molecule has 0 N–H and O–H groups in total. The highest BCUT2D eigenvalue weighted by Gasteiger charge is 2.27. The summed E-state index contributed by atoms with van der Waals surface area (Å²) < 4.78 is 14.6. The standard InChI is InChI=1S/C92H54N8/c93-55-57-33-37-59(38-34-57)74-53-65(99-88-45-41-61(95-80-25-9-1-17-66(80)67-18-2-10-26-81(67)95)49-76(88)77-50-62(42-46-89(77)99)96-82-27-11-3-19-68(82)69-20-4-12-28-83(69)96)54-75(60-39-35-58(56-94)36-40-60)92(74)100-90-47-43-63(97-84-29-13-5-21-70(84)71-22-6-14-30-85(71)97)51-78(90)79-52-64(44-48-91(79)100)98-86-31-15-7-23-72(86)73-24-8-16-32-87(73)98/h1-54H. The second kappa shape index (κ2) is 21.3. The van der Waals surface area contributed by atoms with E-state index in [0.29, 0.717) is 11.1 Å². The number of rotatable bonds is 8. The van der Waals surface area contributed by atoms with Gasteiger partial charge in [0.1, 0.15) is 0 Å². The summed E-state index contributed by atoms with van der Waals surface area (Å²) >= 11 is 0. The van der Waals surface area contributed by atoms with Crippen molar-refractivity contribution in [1.29, 1.82) is 10.5 Å². The van der Waals surface area contributed by atoms with Gasteiger partial charge >= 0.3 is 0 Å². The third-order valence-corrected chi connectivity index (χ3v) is 21.0. The molecule has 0 spiro atoms. The van der Waals surface area contributed by atoms with Gasteiger partial charge in [0.15, 0.2) is 0 Å². The topological polar surface area (TPSA) is 77.2 Å². The molecule has 21 rings (SSSR count). The maximum atomic E-state index is 10.4. The number of hydrogen-bond acceptors (Lipinski definition) is 2. The normalized spacial score (nSPS) is 12.0. The third-order valence-electron chi connectivity index (χ3n) is 21.0. The molecule has 6 aromatic heterocycles. The van der Waals surface area contributed by atoms with E-state index < -0.39 is 0 Å².